The predicted molar refractivity (Wildman–Crippen MR) is 53.3 cm³/mol. The monoisotopic (exact) mass is 259 g/mol. The van der Waals surface area contributed by atoms with Gasteiger partial charge in [0.25, 0.3) is 5.91 Å². The van der Waals surface area contributed by atoms with Crippen LogP contribution in [0.2, 0.25) is 0 Å². The van der Waals surface area contributed by atoms with Crippen LogP contribution in [0.25, 0.3) is 0 Å². The van der Waals surface area contributed by atoms with Crippen molar-refractivity contribution in [1.82, 2.24) is 4.90 Å². The van der Waals surface area contributed by atoms with Gasteiger partial charge < -0.3 is 10.0 Å². The molecule has 0 aromatic heterocycles. The van der Waals surface area contributed by atoms with E-state index in [0.29, 0.717) is 12.1 Å². The molecule has 0 atom stereocenters. The Kier molecular flexibility index (Phi) is 2.98. The normalized spacial score (nSPS) is 15.4. The van der Waals surface area contributed by atoms with Gasteiger partial charge in [-0.05, 0) is 12.1 Å². The molecule has 1 aliphatic heterocycles. The van der Waals surface area contributed by atoms with Gasteiger partial charge in [0, 0.05) is 18.7 Å². The van der Waals surface area contributed by atoms with E-state index in [9.17, 15) is 22.8 Å². The molecule has 0 aliphatic carbocycles. The average Bonchev–Trinajstić information content (AvgIpc) is 2.22. The first-order chi connectivity index (χ1) is 8.40. The molecular weight excluding hydrogens is 251 g/mol. The minimum Gasteiger partial charge on any atom is -0.481 e. The Hall–Kier alpha value is -2.05. The number of carbonyl (C=O) groups excluding carboxylic acids is 1. The number of carboxylic acid groups (broad SMARTS) is 1. The van der Waals surface area contributed by atoms with Crippen molar-refractivity contribution in [3.8, 4) is 0 Å². The van der Waals surface area contributed by atoms with E-state index >= 15 is 0 Å². The number of likely N-dealkylation sites (tertiary alicyclic amines) is 1. The Morgan fingerprint density at radius 3 is 2.11 bits per heavy atom. The van der Waals surface area contributed by atoms with E-state index in [1.807, 2.05) is 0 Å². The first kappa shape index (κ1) is 12.4. The number of hydrogen-bond donors (Lipinski definition) is 1. The molecule has 7 heteroatoms. The summed E-state index contributed by atoms with van der Waals surface area (Å²) in [4.78, 5) is 23.3. The third kappa shape index (κ3) is 2.03. The second-order valence-electron chi connectivity index (χ2n) is 4.00. The van der Waals surface area contributed by atoms with Gasteiger partial charge in [0.1, 0.15) is 0 Å². The number of carbonyl (C=O) groups is 2. The van der Waals surface area contributed by atoms with Gasteiger partial charge in [0.2, 0.25) is 0 Å². The van der Waals surface area contributed by atoms with Crippen LogP contribution in [-0.4, -0.2) is 35.0 Å². The number of carboxylic acids is 1. The van der Waals surface area contributed by atoms with E-state index in [-0.39, 0.29) is 18.7 Å². The van der Waals surface area contributed by atoms with Gasteiger partial charge in [-0.3, -0.25) is 9.59 Å². The van der Waals surface area contributed by atoms with Gasteiger partial charge in [0.15, 0.2) is 17.5 Å². The second kappa shape index (κ2) is 4.32. The fourth-order valence-corrected chi connectivity index (χ4v) is 1.66. The molecule has 1 heterocycles. The van der Waals surface area contributed by atoms with Gasteiger partial charge in [-0.1, -0.05) is 0 Å². The molecule has 1 aromatic rings. The lowest BCUT2D eigenvalue weighted by Gasteiger charge is -2.36. The van der Waals surface area contributed by atoms with Crippen LogP contribution in [0.3, 0.4) is 0 Å². The molecule has 96 valence electrons. The fraction of sp³-hybridized carbons (Fsp3) is 0.273. The summed E-state index contributed by atoms with van der Waals surface area (Å²) in [7, 11) is 0. The van der Waals surface area contributed by atoms with Crippen molar-refractivity contribution in [1.29, 1.82) is 0 Å². The molecular formula is C11H8F3NO3. The number of aliphatic carboxylic acids is 1. The largest absolute Gasteiger partial charge is 0.481 e. The minimum absolute atomic E-state index is 0.0191. The summed E-state index contributed by atoms with van der Waals surface area (Å²) < 4.78 is 38.5. The number of amides is 1. The molecule has 0 bridgehead atoms. The molecule has 1 amide bonds. The zero-order chi connectivity index (χ0) is 13.4. The molecule has 1 aliphatic rings. The average molecular weight is 259 g/mol. The molecule has 1 fully saturated rings. The summed E-state index contributed by atoms with van der Waals surface area (Å²) in [5.74, 6) is -6.95. The molecule has 0 radical (unpaired) electrons. The van der Waals surface area contributed by atoms with Crippen molar-refractivity contribution in [3.05, 3.63) is 35.1 Å². The van der Waals surface area contributed by atoms with Gasteiger partial charge >= 0.3 is 5.97 Å². The maximum atomic E-state index is 12.9. The summed E-state index contributed by atoms with van der Waals surface area (Å²) >= 11 is 0. The first-order valence-electron chi connectivity index (χ1n) is 5.06. The fourth-order valence-electron chi connectivity index (χ4n) is 1.66. The highest BCUT2D eigenvalue weighted by atomic mass is 19.2. The van der Waals surface area contributed by atoms with Gasteiger partial charge in [0.05, 0.1) is 5.92 Å². The van der Waals surface area contributed by atoms with E-state index in [1.54, 1.807) is 0 Å². The van der Waals surface area contributed by atoms with E-state index in [2.05, 4.69) is 0 Å². The Balaban J connectivity index is 2.14. The summed E-state index contributed by atoms with van der Waals surface area (Å²) in [6, 6.07) is 1.18. The number of halogens is 3. The molecule has 2 rings (SSSR count). The smallest absolute Gasteiger partial charge is 0.310 e. The van der Waals surface area contributed by atoms with Crippen molar-refractivity contribution >= 4 is 11.9 Å². The lowest BCUT2D eigenvalue weighted by Crippen LogP contribution is -2.53. The third-order valence-electron chi connectivity index (χ3n) is 2.75. The molecule has 4 nitrogen and oxygen atoms in total. The minimum atomic E-state index is -1.64. The topological polar surface area (TPSA) is 57.6 Å². The second-order valence-corrected chi connectivity index (χ2v) is 4.00. The number of nitrogens with zero attached hydrogens (tertiary/aromatic N) is 1. The van der Waals surface area contributed by atoms with Crippen LogP contribution in [0.15, 0.2) is 12.1 Å². The van der Waals surface area contributed by atoms with Crippen molar-refractivity contribution < 1.29 is 27.9 Å². The van der Waals surface area contributed by atoms with Crippen LogP contribution in [0.1, 0.15) is 10.4 Å². The van der Waals surface area contributed by atoms with Crippen LogP contribution in [-0.2, 0) is 4.79 Å². The first-order valence-corrected chi connectivity index (χ1v) is 5.06. The van der Waals surface area contributed by atoms with E-state index < -0.39 is 35.2 Å². The Bertz CT molecular complexity index is 503. The molecule has 0 unspecified atom stereocenters. The van der Waals surface area contributed by atoms with Crippen LogP contribution in [0, 0.1) is 23.4 Å². The van der Waals surface area contributed by atoms with Crippen molar-refractivity contribution in [3.63, 3.8) is 0 Å². The van der Waals surface area contributed by atoms with Crippen LogP contribution >= 0.6 is 0 Å². The Morgan fingerprint density at radius 1 is 1.17 bits per heavy atom. The summed E-state index contributed by atoms with van der Waals surface area (Å²) in [5, 5.41) is 8.62. The zero-order valence-electron chi connectivity index (χ0n) is 8.99. The highest BCUT2D eigenvalue weighted by molar-refractivity contribution is 5.95. The van der Waals surface area contributed by atoms with Crippen molar-refractivity contribution in [2.75, 3.05) is 13.1 Å². The SMILES string of the molecule is O=C(O)C1CN(C(=O)c2cc(F)c(F)c(F)c2)C1. The van der Waals surface area contributed by atoms with Gasteiger partial charge in [-0.15, -0.1) is 0 Å². The van der Waals surface area contributed by atoms with Crippen molar-refractivity contribution in [2.45, 2.75) is 0 Å². The van der Waals surface area contributed by atoms with E-state index in [4.69, 9.17) is 5.11 Å². The lowest BCUT2D eigenvalue weighted by molar-refractivity contribution is -0.146. The maximum absolute atomic E-state index is 12.9. The molecule has 0 saturated carbocycles. The summed E-state index contributed by atoms with van der Waals surface area (Å²) in [5.41, 5.74) is -0.338. The van der Waals surface area contributed by atoms with Crippen LogP contribution in [0.5, 0.6) is 0 Å². The van der Waals surface area contributed by atoms with E-state index in [1.165, 1.54) is 0 Å². The predicted octanol–water partition coefficient (Wildman–Crippen LogP) is 1.26. The summed E-state index contributed by atoms with van der Waals surface area (Å²) in [6.45, 7) is -0.0381. The number of benzene rings is 1. The van der Waals surface area contributed by atoms with Crippen molar-refractivity contribution in [2.24, 2.45) is 5.92 Å². The standard InChI is InChI=1S/C11H8F3NO3/c12-7-1-5(2-8(13)9(7)14)10(16)15-3-6(4-15)11(17)18/h1-2,6H,3-4H2,(H,17,18). The molecule has 1 aromatic carbocycles. The maximum Gasteiger partial charge on any atom is 0.310 e. The molecule has 18 heavy (non-hydrogen) atoms. The highest BCUT2D eigenvalue weighted by Gasteiger charge is 2.36. The number of hydrogen-bond acceptors (Lipinski definition) is 2. The highest BCUT2D eigenvalue weighted by Crippen LogP contribution is 2.21. The Labute approximate surface area is 99.6 Å². The molecule has 1 N–H and O–H groups in total. The lowest BCUT2D eigenvalue weighted by atomic mass is 9.99. The van der Waals surface area contributed by atoms with Gasteiger partial charge in [-0.2, -0.15) is 0 Å². The number of rotatable bonds is 2. The zero-order valence-corrected chi connectivity index (χ0v) is 8.99. The molecule has 0 spiro atoms. The van der Waals surface area contributed by atoms with Crippen LogP contribution in [0.4, 0.5) is 13.2 Å². The quantitative estimate of drug-likeness (QED) is 0.813. The summed E-state index contributed by atoms with van der Waals surface area (Å²) in [6.07, 6.45) is 0. The van der Waals surface area contributed by atoms with Gasteiger partial charge in [-0.25, -0.2) is 13.2 Å². The third-order valence-corrected chi connectivity index (χ3v) is 2.75. The molecule has 1 saturated heterocycles. The van der Waals surface area contributed by atoms with E-state index in [0.717, 1.165) is 4.90 Å². The Morgan fingerprint density at radius 2 is 1.67 bits per heavy atom. The van der Waals surface area contributed by atoms with Crippen LogP contribution < -0.4 is 0 Å².